The standard InChI is InChI=1S/C38H41N7O5/c1-23(2)44-15-16-45-27(17-31(46)35(34(45)38(44)49)50-22-24-9-5-3-6-10-24)19-39-32(47)18-29(25-11-7-4-8-12-25)43-37(48)28-20-40-36-33(28)42-30(21-41-36)26-13-14-26/h3-12,17,20-21,23,26,29,37,43,48H,13-16,18-19,22H2,1-2H3,(H,39,47)(H,40,41)/t29-,37?/m0/s1. The number of H-pyrrole nitrogens is 1. The Balaban J connectivity index is 1.10. The van der Waals surface area contributed by atoms with Crippen molar-refractivity contribution in [3.63, 3.8) is 0 Å². The van der Waals surface area contributed by atoms with Gasteiger partial charge in [0.15, 0.2) is 17.1 Å². The van der Waals surface area contributed by atoms with Crippen LogP contribution in [0.15, 0.2) is 83.9 Å². The minimum atomic E-state index is -1.13. The second kappa shape index (κ2) is 14.3. The van der Waals surface area contributed by atoms with Crippen molar-refractivity contribution in [1.29, 1.82) is 0 Å². The molecule has 1 fully saturated rings. The molecule has 12 heteroatoms. The van der Waals surface area contributed by atoms with Crippen molar-refractivity contribution < 1.29 is 19.4 Å². The van der Waals surface area contributed by atoms with Gasteiger partial charge >= 0.3 is 0 Å². The van der Waals surface area contributed by atoms with Crippen LogP contribution in [-0.2, 0) is 24.5 Å². The minimum Gasteiger partial charge on any atom is -0.483 e. The third-order valence-corrected chi connectivity index (χ3v) is 9.37. The number of pyridine rings is 1. The number of nitrogens with zero attached hydrogens (tertiary/aromatic N) is 4. The van der Waals surface area contributed by atoms with Crippen molar-refractivity contribution in [2.75, 3.05) is 6.54 Å². The molecule has 1 saturated carbocycles. The number of aliphatic hydroxyl groups excluding tert-OH is 1. The molecule has 5 aromatic rings. The van der Waals surface area contributed by atoms with Gasteiger partial charge in [-0.2, -0.15) is 0 Å². The molecule has 12 nitrogen and oxygen atoms in total. The molecule has 2 aliphatic rings. The molecule has 50 heavy (non-hydrogen) atoms. The van der Waals surface area contributed by atoms with Gasteiger partial charge in [-0.05, 0) is 37.8 Å². The number of aromatic nitrogens is 4. The van der Waals surface area contributed by atoms with Gasteiger partial charge in [0.05, 0.1) is 18.4 Å². The molecule has 7 rings (SSSR count). The lowest BCUT2D eigenvalue weighted by molar-refractivity contribution is -0.122. The van der Waals surface area contributed by atoms with Crippen molar-refractivity contribution in [2.24, 2.45) is 0 Å². The zero-order chi connectivity index (χ0) is 34.8. The van der Waals surface area contributed by atoms with E-state index in [4.69, 9.17) is 9.72 Å². The lowest BCUT2D eigenvalue weighted by Gasteiger charge is -2.35. The van der Waals surface area contributed by atoms with Gasteiger partial charge in [-0.3, -0.25) is 19.7 Å². The zero-order valence-electron chi connectivity index (χ0n) is 28.1. The topological polar surface area (TPSA) is 154 Å². The number of carbonyl (C=O) groups is 2. The van der Waals surface area contributed by atoms with Gasteiger partial charge in [0.25, 0.3) is 5.91 Å². The maximum absolute atomic E-state index is 13.7. The maximum atomic E-state index is 13.7. The first kappa shape index (κ1) is 33.2. The Morgan fingerprint density at radius 2 is 1.80 bits per heavy atom. The molecule has 2 aromatic carbocycles. The molecule has 2 amide bonds. The summed E-state index contributed by atoms with van der Waals surface area (Å²) in [6.07, 6.45) is 4.51. The number of nitrogens with one attached hydrogen (secondary N) is 3. The molecule has 0 saturated heterocycles. The van der Waals surface area contributed by atoms with E-state index in [-0.39, 0.29) is 48.9 Å². The van der Waals surface area contributed by atoms with Crippen LogP contribution in [-0.4, -0.2) is 53.9 Å². The second-order valence-electron chi connectivity index (χ2n) is 13.2. The van der Waals surface area contributed by atoms with E-state index in [0.29, 0.717) is 41.4 Å². The van der Waals surface area contributed by atoms with Crippen LogP contribution in [0.25, 0.3) is 11.2 Å². The van der Waals surface area contributed by atoms with Gasteiger partial charge in [-0.15, -0.1) is 0 Å². The Kier molecular flexibility index (Phi) is 9.46. The number of rotatable bonds is 13. The van der Waals surface area contributed by atoms with Crippen LogP contribution in [0, 0.1) is 0 Å². The number of carbonyl (C=O) groups excluding carboxylic acids is 2. The van der Waals surface area contributed by atoms with E-state index in [9.17, 15) is 19.5 Å². The van der Waals surface area contributed by atoms with Crippen LogP contribution in [0.2, 0.25) is 0 Å². The van der Waals surface area contributed by atoms with Crippen LogP contribution in [0.5, 0.6) is 5.75 Å². The van der Waals surface area contributed by atoms with Gasteiger partial charge in [0, 0.05) is 61.0 Å². The van der Waals surface area contributed by atoms with Crippen LogP contribution < -0.4 is 20.8 Å². The fourth-order valence-corrected chi connectivity index (χ4v) is 6.49. The quantitative estimate of drug-likeness (QED) is 0.133. The predicted molar refractivity (Wildman–Crippen MR) is 187 cm³/mol. The van der Waals surface area contributed by atoms with E-state index >= 15 is 0 Å². The Hall–Kier alpha value is -5.33. The van der Waals surface area contributed by atoms with E-state index < -0.39 is 17.7 Å². The largest absolute Gasteiger partial charge is 0.483 e. The van der Waals surface area contributed by atoms with E-state index in [1.165, 1.54) is 6.07 Å². The van der Waals surface area contributed by atoms with Crippen LogP contribution >= 0.6 is 0 Å². The van der Waals surface area contributed by atoms with E-state index in [0.717, 1.165) is 29.7 Å². The van der Waals surface area contributed by atoms with E-state index in [2.05, 4.69) is 20.6 Å². The monoisotopic (exact) mass is 675 g/mol. The fourth-order valence-electron chi connectivity index (χ4n) is 6.49. The number of hydrogen-bond acceptors (Lipinski definition) is 8. The predicted octanol–water partition coefficient (Wildman–Crippen LogP) is 4.47. The van der Waals surface area contributed by atoms with Crippen LogP contribution in [0.1, 0.15) is 89.9 Å². The number of ether oxygens (including phenoxy) is 1. The molecule has 4 N–H and O–H groups in total. The first-order chi connectivity index (χ1) is 24.3. The molecule has 4 heterocycles. The smallest absolute Gasteiger partial charge is 0.274 e. The first-order valence-corrected chi connectivity index (χ1v) is 17.1. The molecule has 0 spiro atoms. The number of amides is 2. The molecule has 1 unspecified atom stereocenters. The summed E-state index contributed by atoms with van der Waals surface area (Å²) in [7, 11) is 0. The maximum Gasteiger partial charge on any atom is 0.274 e. The third kappa shape index (κ3) is 7.03. The average Bonchev–Trinajstić information content (AvgIpc) is 3.89. The number of aromatic amines is 1. The Labute approximate surface area is 289 Å². The highest BCUT2D eigenvalue weighted by Gasteiger charge is 2.33. The normalized spacial score (nSPS) is 15.6. The lowest BCUT2D eigenvalue weighted by Crippen LogP contribution is -2.46. The highest BCUT2D eigenvalue weighted by atomic mass is 16.5. The van der Waals surface area contributed by atoms with Crippen LogP contribution in [0.4, 0.5) is 0 Å². The van der Waals surface area contributed by atoms with E-state index in [1.54, 1.807) is 21.9 Å². The highest BCUT2D eigenvalue weighted by Crippen LogP contribution is 2.39. The number of aliphatic hydroxyl groups is 1. The summed E-state index contributed by atoms with van der Waals surface area (Å²) in [6.45, 7) is 4.95. The lowest BCUT2D eigenvalue weighted by atomic mass is 10.0. The molecular formula is C38H41N7O5. The summed E-state index contributed by atoms with van der Waals surface area (Å²) < 4.78 is 7.79. The molecular weight excluding hydrogens is 634 g/mol. The molecule has 1 aliphatic carbocycles. The van der Waals surface area contributed by atoms with Crippen molar-refractivity contribution in [2.45, 2.75) is 77.0 Å². The fraction of sp³-hybridized carbons (Fsp3) is 0.342. The minimum absolute atomic E-state index is 0.00213. The summed E-state index contributed by atoms with van der Waals surface area (Å²) in [6, 6.07) is 19.7. The molecule has 0 bridgehead atoms. The summed E-state index contributed by atoms with van der Waals surface area (Å²) in [5.41, 5.74) is 4.63. The van der Waals surface area contributed by atoms with Crippen molar-refractivity contribution in [3.8, 4) is 5.75 Å². The summed E-state index contributed by atoms with van der Waals surface area (Å²) in [5, 5.41) is 17.6. The zero-order valence-corrected chi connectivity index (χ0v) is 28.1. The average molecular weight is 676 g/mol. The van der Waals surface area contributed by atoms with Gasteiger partial charge in [-0.1, -0.05) is 60.7 Å². The summed E-state index contributed by atoms with van der Waals surface area (Å²) in [5.74, 6) is -0.168. The summed E-state index contributed by atoms with van der Waals surface area (Å²) >= 11 is 0. The third-order valence-electron chi connectivity index (χ3n) is 9.37. The number of fused-ring (bicyclic) bond motifs is 2. The first-order valence-electron chi connectivity index (χ1n) is 17.1. The summed E-state index contributed by atoms with van der Waals surface area (Å²) in [4.78, 5) is 54.8. The van der Waals surface area contributed by atoms with Gasteiger partial charge in [0.1, 0.15) is 18.4 Å². The second-order valence-corrected chi connectivity index (χ2v) is 13.2. The molecule has 3 aromatic heterocycles. The van der Waals surface area contributed by atoms with Crippen molar-refractivity contribution in [3.05, 3.63) is 123 Å². The Morgan fingerprint density at radius 1 is 1.06 bits per heavy atom. The molecule has 258 valence electrons. The van der Waals surface area contributed by atoms with Gasteiger partial charge in [0.2, 0.25) is 11.3 Å². The number of benzene rings is 2. The highest BCUT2D eigenvalue weighted by molar-refractivity contribution is 5.96. The molecule has 0 radical (unpaired) electrons. The van der Waals surface area contributed by atoms with Crippen LogP contribution in [0.3, 0.4) is 0 Å². The number of hydrogen-bond donors (Lipinski definition) is 4. The molecule has 2 atom stereocenters. The SMILES string of the molecule is CC(C)N1CCn2c(CNC(=O)C[C@H](NC(O)c3c[nH]c4ncc(C5CC5)nc34)c3ccccc3)cc(=O)c(OCc3ccccc3)c2C1=O. The molecule has 1 aliphatic heterocycles. The van der Waals surface area contributed by atoms with Gasteiger partial charge < -0.3 is 29.6 Å². The van der Waals surface area contributed by atoms with E-state index in [1.807, 2.05) is 74.5 Å². The van der Waals surface area contributed by atoms with Gasteiger partial charge in [-0.25, -0.2) is 9.97 Å². The Bertz CT molecular complexity index is 2060. The van der Waals surface area contributed by atoms with Crippen molar-refractivity contribution >= 4 is 23.0 Å². The van der Waals surface area contributed by atoms with Crippen molar-refractivity contribution in [1.82, 2.24) is 35.1 Å². The Morgan fingerprint density at radius 3 is 2.52 bits per heavy atom.